The van der Waals surface area contributed by atoms with Crippen LogP contribution >= 0.6 is 0 Å². The van der Waals surface area contributed by atoms with Crippen molar-refractivity contribution in [3.63, 3.8) is 0 Å². The first-order valence-corrected chi connectivity index (χ1v) is 7.15. The Hall–Kier alpha value is -0.120. The molecule has 1 aliphatic heterocycles. The fourth-order valence-corrected chi connectivity index (χ4v) is 2.56. The van der Waals surface area contributed by atoms with E-state index < -0.39 is 0 Å². The van der Waals surface area contributed by atoms with Gasteiger partial charge in [-0.2, -0.15) is 0 Å². The molecular weight excluding hydrogens is 212 g/mol. The van der Waals surface area contributed by atoms with Gasteiger partial charge in [0.1, 0.15) is 0 Å². The van der Waals surface area contributed by atoms with Gasteiger partial charge in [0, 0.05) is 18.1 Å². The topological polar surface area (TPSA) is 35.5 Å². The van der Waals surface area contributed by atoms with E-state index in [0.29, 0.717) is 18.0 Å². The van der Waals surface area contributed by atoms with Gasteiger partial charge < -0.3 is 15.3 Å². The minimum Gasteiger partial charge on any atom is -0.395 e. The molecule has 1 aliphatic rings. The lowest BCUT2D eigenvalue weighted by molar-refractivity contribution is 0.191. The molecule has 2 N–H and O–H groups in total. The van der Waals surface area contributed by atoms with Crippen LogP contribution in [-0.2, 0) is 0 Å². The van der Waals surface area contributed by atoms with Crippen molar-refractivity contribution in [1.82, 2.24) is 10.2 Å². The highest BCUT2D eigenvalue weighted by molar-refractivity contribution is 4.80. The van der Waals surface area contributed by atoms with E-state index in [1.165, 1.54) is 32.4 Å². The van der Waals surface area contributed by atoms with Gasteiger partial charge in [-0.3, -0.25) is 0 Å². The molecule has 0 radical (unpaired) electrons. The Labute approximate surface area is 107 Å². The Morgan fingerprint density at radius 1 is 1.18 bits per heavy atom. The van der Waals surface area contributed by atoms with Crippen molar-refractivity contribution in [2.45, 2.75) is 65.1 Å². The molecule has 2 atom stereocenters. The van der Waals surface area contributed by atoms with E-state index in [4.69, 9.17) is 0 Å². The molecule has 0 spiro atoms. The summed E-state index contributed by atoms with van der Waals surface area (Å²) in [6, 6.07) is 1.50. The van der Waals surface area contributed by atoms with Crippen molar-refractivity contribution in [2.24, 2.45) is 5.92 Å². The minimum atomic E-state index is 0.252. The lowest BCUT2D eigenvalue weighted by Gasteiger charge is -2.27. The third-order valence-electron chi connectivity index (χ3n) is 3.94. The van der Waals surface area contributed by atoms with Crippen molar-refractivity contribution >= 4 is 0 Å². The maximum atomic E-state index is 9.36. The van der Waals surface area contributed by atoms with Crippen molar-refractivity contribution in [2.75, 3.05) is 19.7 Å². The average Bonchev–Trinajstić information content (AvgIpc) is 2.50. The quantitative estimate of drug-likeness (QED) is 0.772. The Bertz CT molecular complexity index is 206. The van der Waals surface area contributed by atoms with Crippen molar-refractivity contribution in [1.29, 1.82) is 0 Å². The van der Waals surface area contributed by atoms with Crippen molar-refractivity contribution in [3.8, 4) is 0 Å². The highest BCUT2D eigenvalue weighted by Crippen LogP contribution is 2.15. The Morgan fingerprint density at radius 3 is 2.41 bits per heavy atom. The number of likely N-dealkylation sites (tertiary alicyclic amines) is 1. The summed E-state index contributed by atoms with van der Waals surface area (Å²) in [7, 11) is 0. The van der Waals surface area contributed by atoms with Gasteiger partial charge in [0.25, 0.3) is 0 Å². The third kappa shape index (κ3) is 4.94. The predicted molar refractivity (Wildman–Crippen MR) is 73.2 cm³/mol. The molecule has 3 heteroatoms. The molecule has 0 bridgehead atoms. The lowest BCUT2D eigenvalue weighted by atomic mass is 10.0. The van der Waals surface area contributed by atoms with Crippen LogP contribution in [0, 0.1) is 5.92 Å². The van der Waals surface area contributed by atoms with Gasteiger partial charge in [0.05, 0.1) is 6.61 Å². The average molecular weight is 242 g/mol. The molecule has 1 heterocycles. The number of hydrogen-bond acceptors (Lipinski definition) is 3. The second-order valence-corrected chi connectivity index (χ2v) is 5.96. The molecule has 1 saturated heterocycles. The zero-order chi connectivity index (χ0) is 12.8. The zero-order valence-corrected chi connectivity index (χ0v) is 11.9. The van der Waals surface area contributed by atoms with Crippen LogP contribution < -0.4 is 5.32 Å². The molecule has 0 saturated carbocycles. The lowest BCUT2D eigenvalue weighted by Crippen LogP contribution is -2.44. The minimum absolute atomic E-state index is 0.252. The molecular formula is C14H30N2O. The summed E-state index contributed by atoms with van der Waals surface area (Å²) < 4.78 is 0. The summed E-state index contributed by atoms with van der Waals surface area (Å²) in [5, 5.41) is 13.0. The predicted octanol–water partition coefficient (Wildman–Crippen LogP) is 1.86. The monoisotopic (exact) mass is 242 g/mol. The molecule has 0 aromatic carbocycles. The van der Waals surface area contributed by atoms with Crippen LogP contribution in [0.4, 0.5) is 0 Å². The highest BCUT2D eigenvalue weighted by atomic mass is 16.3. The first-order chi connectivity index (χ1) is 8.04. The second-order valence-electron chi connectivity index (χ2n) is 5.96. The van der Waals surface area contributed by atoms with E-state index in [9.17, 15) is 5.11 Å². The van der Waals surface area contributed by atoms with Gasteiger partial charge in [0.2, 0.25) is 0 Å². The van der Waals surface area contributed by atoms with Crippen LogP contribution in [0.1, 0.15) is 47.0 Å². The Balaban J connectivity index is 2.40. The fraction of sp³-hybridized carbons (Fsp3) is 1.00. The van der Waals surface area contributed by atoms with Gasteiger partial charge in [0.15, 0.2) is 0 Å². The van der Waals surface area contributed by atoms with Gasteiger partial charge >= 0.3 is 0 Å². The first-order valence-electron chi connectivity index (χ1n) is 7.15. The van der Waals surface area contributed by atoms with Crippen molar-refractivity contribution in [3.05, 3.63) is 0 Å². The fourth-order valence-electron chi connectivity index (χ4n) is 2.56. The molecule has 0 aromatic heterocycles. The summed E-state index contributed by atoms with van der Waals surface area (Å²) >= 11 is 0. The SMILES string of the molecule is CC(C)[C@@H](CO)NC1CCCN(C(C)C)CC1. The maximum Gasteiger partial charge on any atom is 0.0587 e. The highest BCUT2D eigenvalue weighted by Gasteiger charge is 2.21. The maximum absolute atomic E-state index is 9.36. The van der Waals surface area contributed by atoms with Crippen molar-refractivity contribution < 1.29 is 5.11 Å². The van der Waals surface area contributed by atoms with Gasteiger partial charge in [-0.15, -0.1) is 0 Å². The van der Waals surface area contributed by atoms with Crippen LogP contribution in [0.5, 0.6) is 0 Å². The molecule has 17 heavy (non-hydrogen) atoms. The summed E-state index contributed by atoms with van der Waals surface area (Å²) in [5.41, 5.74) is 0. The van der Waals surface area contributed by atoms with Crippen LogP contribution in [0.3, 0.4) is 0 Å². The molecule has 0 aromatic rings. The zero-order valence-electron chi connectivity index (χ0n) is 11.9. The summed E-state index contributed by atoms with van der Waals surface area (Å²) in [6.45, 7) is 11.6. The molecule has 0 amide bonds. The van der Waals surface area contributed by atoms with E-state index >= 15 is 0 Å². The van der Waals surface area contributed by atoms with Crippen LogP contribution in [0.25, 0.3) is 0 Å². The van der Waals surface area contributed by atoms with E-state index in [2.05, 4.69) is 37.9 Å². The molecule has 0 aliphatic carbocycles. The summed E-state index contributed by atoms with van der Waals surface area (Å²) in [4.78, 5) is 2.56. The molecule has 1 unspecified atom stereocenters. The van der Waals surface area contributed by atoms with Gasteiger partial charge in [-0.25, -0.2) is 0 Å². The van der Waals surface area contributed by atoms with Crippen LogP contribution in [-0.4, -0.2) is 47.8 Å². The number of rotatable bonds is 5. The van der Waals surface area contributed by atoms with E-state index in [1.807, 2.05) is 0 Å². The molecule has 3 nitrogen and oxygen atoms in total. The van der Waals surface area contributed by atoms with E-state index in [-0.39, 0.29) is 12.6 Å². The normalized spacial score (nSPS) is 25.2. The summed E-state index contributed by atoms with van der Waals surface area (Å²) in [5.74, 6) is 0.504. The largest absolute Gasteiger partial charge is 0.395 e. The van der Waals surface area contributed by atoms with E-state index in [1.54, 1.807) is 0 Å². The van der Waals surface area contributed by atoms with Crippen LogP contribution in [0.15, 0.2) is 0 Å². The first kappa shape index (κ1) is 14.9. The van der Waals surface area contributed by atoms with Gasteiger partial charge in [-0.05, 0) is 52.1 Å². The molecule has 1 rings (SSSR count). The smallest absolute Gasteiger partial charge is 0.0587 e. The molecule has 102 valence electrons. The molecule has 1 fully saturated rings. The Kier molecular flexibility index (Phi) is 6.45. The second kappa shape index (κ2) is 7.34. The standard InChI is InChI=1S/C14H30N2O/c1-11(2)14(10-17)15-13-6-5-8-16(9-7-13)12(3)4/h11-15,17H,5-10H2,1-4H3/t13?,14-/m1/s1. The summed E-state index contributed by atoms with van der Waals surface area (Å²) in [6.07, 6.45) is 3.72. The van der Waals surface area contributed by atoms with Crippen LogP contribution in [0.2, 0.25) is 0 Å². The number of aliphatic hydroxyl groups excluding tert-OH is 1. The number of aliphatic hydroxyl groups is 1. The number of nitrogens with one attached hydrogen (secondary N) is 1. The third-order valence-corrected chi connectivity index (χ3v) is 3.94. The number of hydrogen-bond donors (Lipinski definition) is 2. The van der Waals surface area contributed by atoms with E-state index in [0.717, 1.165) is 0 Å². The number of nitrogens with zero attached hydrogens (tertiary/aromatic N) is 1. The van der Waals surface area contributed by atoms with Gasteiger partial charge in [-0.1, -0.05) is 13.8 Å². The Morgan fingerprint density at radius 2 is 1.88 bits per heavy atom.